The molecule has 0 bridgehead atoms. The highest BCUT2D eigenvalue weighted by Gasteiger charge is 2.07. The van der Waals surface area contributed by atoms with Gasteiger partial charge in [0.15, 0.2) is 0 Å². The fourth-order valence-electron chi connectivity index (χ4n) is 3.40. The fourth-order valence-corrected chi connectivity index (χ4v) is 3.40. The van der Waals surface area contributed by atoms with E-state index in [0.717, 1.165) is 42.0 Å². The monoisotopic (exact) mass is 402 g/mol. The van der Waals surface area contributed by atoms with Crippen molar-refractivity contribution >= 4 is 17.3 Å². The summed E-state index contributed by atoms with van der Waals surface area (Å²) in [7, 11) is 0. The number of rotatable bonds is 10. The average molecular weight is 403 g/mol. The number of anilines is 2. The van der Waals surface area contributed by atoms with Crippen LogP contribution in [0.2, 0.25) is 0 Å². The highest BCUT2D eigenvalue weighted by Crippen LogP contribution is 2.21. The van der Waals surface area contributed by atoms with E-state index in [2.05, 4.69) is 60.9 Å². The first-order chi connectivity index (χ1) is 14.7. The van der Waals surface area contributed by atoms with Crippen molar-refractivity contribution in [1.82, 2.24) is 0 Å². The van der Waals surface area contributed by atoms with Gasteiger partial charge in [-0.15, -0.1) is 0 Å². The number of benzene rings is 3. The number of nitrogens with one attached hydrogen (secondary N) is 2. The second-order valence-corrected chi connectivity index (χ2v) is 7.33. The third-order valence-electron chi connectivity index (χ3n) is 5.03. The number of ether oxygens (including phenoxy) is 1. The molecule has 3 aromatic rings. The zero-order valence-electron chi connectivity index (χ0n) is 17.8. The number of amides is 1. The van der Waals surface area contributed by atoms with Gasteiger partial charge in [0.1, 0.15) is 5.75 Å². The fraction of sp³-hybridized carbons (Fsp3) is 0.269. The second-order valence-electron chi connectivity index (χ2n) is 7.33. The summed E-state index contributed by atoms with van der Waals surface area (Å²) >= 11 is 0. The van der Waals surface area contributed by atoms with Gasteiger partial charge in [-0.1, -0.05) is 55.5 Å². The van der Waals surface area contributed by atoms with E-state index < -0.39 is 0 Å². The van der Waals surface area contributed by atoms with Crippen molar-refractivity contribution in [2.75, 3.05) is 23.8 Å². The minimum absolute atomic E-state index is 0.0724. The summed E-state index contributed by atoms with van der Waals surface area (Å²) in [6.45, 7) is 5.07. The first kappa shape index (κ1) is 21.4. The molecule has 0 aliphatic carbocycles. The van der Waals surface area contributed by atoms with Gasteiger partial charge in [0.2, 0.25) is 5.91 Å². The Morgan fingerprint density at radius 3 is 2.43 bits per heavy atom. The minimum atomic E-state index is -0.0724. The maximum Gasteiger partial charge on any atom is 0.243 e. The van der Waals surface area contributed by atoms with E-state index in [0.29, 0.717) is 6.61 Å². The number of carbonyl (C=O) groups excluding carboxylic acids is 1. The largest absolute Gasteiger partial charge is 0.494 e. The molecule has 0 spiro atoms. The van der Waals surface area contributed by atoms with E-state index in [1.807, 2.05) is 36.4 Å². The summed E-state index contributed by atoms with van der Waals surface area (Å²) in [4.78, 5) is 12.3. The van der Waals surface area contributed by atoms with Gasteiger partial charge in [-0.25, -0.2) is 0 Å². The lowest BCUT2D eigenvalue weighted by molar-refractivity contribution is -0.114. The molecule has 0 fully saturated rings. The van der Waals surface area contributed by atoms with Crippen LogP contribution in [0.4, 0.5) is 11.4 Å². The molecule has 0 atom stereocenters. The average Bonchev–Trinajstić information content (AvgIpc) is 2.77. The lowest BCUT2D eigenvalue weighted by Crippen LogP contribution is -2.22. The predicted molar refractivity (Wildman–Crippen MR) is 124 cm³/mol. The van der Waals surface area contributed by atoms with Gasteiger partial charge in [0.05, 0.1) is 13.2 Å². The third kappa shape index (κ3) is 6.38. The molecule has 0 heterocycles. The maximum absolute atomic E-state index is 12.3. The molecule has 4 nitrogen and oxygen atoms in total. The SMILES string of the molecule is CCc1cccc(C)c1NCC(=O)Nc1ccc(OCCCc2ccccc2)cc1. The van der Waals surface area contributed by atoms with Crippen LogP contribution in [-0.4, -0.2) is 19.1 Å². The number of hydrogen-bond donors (Lipinski definition) is 2. The third-order valence-corrected chi connectivity index (χ3v) is 5.03. The Labute approximate surface area is 179 Å². The lowest BCUT2D eigenvalue weighted by atomic mass is 10.1. The van der Waals surface area contributed by atoms with Crippen LogP contribution in [0.25, 0.3) is 0 Å². The molecule has 2 N–H and O–H groups in total. The topological polar surface area (TPSA) is 50.4 Å². The van der Waals surface area contributed by atoms with Gasteiger partial charge in [0.25, 0.3) is 0 Å². The quantitative estimate of drug-likeness (QED) is 0.433. The maximum atomic E-state index is 12.3. The molecule has 0 unspecified atom stereocenters. The molecule has 0 saturated heterocycles. The van der Waals surface area contributed by atoms with Gasteiger partial charge in [-0.2, -0.15) is 0 Å². The van der Waals surface area contributed by atoms with E-state index in [1.54, 1.807) is 0 Å². The van der Waals surface area contributed by atoms with Crippen LogP contribution in [-0.2, 0) is 17.6 Å². The molecule has 3 aromatic carbocycles. The summed E-state index contributed by atoms with van der Waals surface area (Å²) in [5.41, 5.74) is 5.50. The molecule has 0 saturated carbocycles. The Morgan fingerprint density at radius 2 is 1.70 bits per heavy atom. The summed E-state index contributed by atoms with van der Waals surface area (Å²) < 4.78 is 5.81. The predicted octanol–water partition coefficient (Wildman–Crippen LogP) is 5.62. The number of hydrogen-bond acceptors (Lipinski definition) is 3. The number of para-hydroxylation sites is 1. The van der Waals surface area contributed by atoms with Crippen LogP contribution < -0.4 is 15.4 Å². The molecular formula is C26H30N2O2. The molecule has 4 heteroatoms. The van der Waals surface area contributed by atoms with Crippen molar-refractivity contribution < 1.29 is 9.53 Å². The summed E-state index contributed by atoms with van der Waals surface area (Å²) in [6, 6.07) is 24.1. The Balaban J connectivity index is 1.42. The van der Waals surface area contributed by atoms with Gasteiger partial charge < -0.3 is 15.4 Å². The Kier molecular flexibility index (Phi) is 7.90. The second kappa shape index (κ2) is 11.1. The normalized spacial score (nSPS) is 10.5. The van der Waals surface area contributed by atoms with Crippen LogP contribution in [0.5, 0.6) is 5.75 Å². The Bertz CT molecular complexity index is 937. The Hall–Kier alpha value is -3.27. The molecule has 0 aliphatic heterocycles. The Morgan fingerprint density at radius 1 is 0.933 bits per heavy atom. The highest BCUT2D eigenvalue weighted by molar-refractivity contribution is 5.94. The molecule has 0 radical (unpaired) electrons. The molecule has 30 heavy (non-hydrogen) atoms. The van der Waals surface area contributed by atoms with Crippen LogP contribution in [0.3, 0.4) is 0 Å². The van der Waals surface area contributed by atoms with Crippen molar-refractivity contribution in [2.45, 2.75) is 33.1 Å². The lowest BCUT2D eigenvalue weighted by Gasteiger charge is -2.14. The minimum Gasteiger partial charge on any atom is -0.494 e. The van der Waals surface area contributed by atoms with E-state index in [9.17, 15) is 4.79 Å². The van der Waals surface area contributed by atoms with Crippen molar-refractivity contribution in [3.05, 3.63) is 89.5 Å². The molecule has 156 valence electrons. The van der Waals surface area contributed by atoms with Gasteiger partial charge in [-0.05, 0) is 67.1 Å². The first-order valence-corrected chi connectivity index (χ1v) is 10.5. The summed E-state index contributed by atoms with van der Waals surface area (Å²) in [6.07, 6.45) is 2.90. The van der Waals surface area contributed by atoms with E-state index >= 15 is 0 Å². The summed E-state index contributed by atoms with van der Waals surface area (Å²) in [5, 5.41) is 6.20. The van der Waals surface area contributed by atoms with E-state index in [-0.39, 0.29) is 12.5 Å². The smallest absolute Gasteiger partial charge is 0.243 e. The molecule has 3 rings (SSSR count). The van der Waals surface area contributed by atoms with Crippen LogP contribution in [0.15, 0.2) is 72.8 Å². The van der Waals surface area contributed by atoms with Crippen LogP contribution in [0, 0.1) is 6.92 Å². The van der Waals surface area contributed by atoms with Gasteiger partial charge in [-0.3, -0.25) is 4.79 Å². The number of carbonyl (C=O) groups is 1. The zero-order chi connectivity index (χ0) is 21.2. The standard InChI is InChI=1S/C26H30N2O2/c1-3-22-13-7-9-20(2)26(22)27-19-25(29)28-23-14-16-24(17-15-23)30-18-8-12-21-10-5-4-6-11-21/h4-7,9-11,13-17,27H,3,8,12,18-19H2,1-2H3,(H,28,29). The zero-order valence-corrected chi connectivity index (χ0v) is 17.8. The van der Waals surface area contributed by atoms with Crippen molar-refractivity contribution in [3.63, 3.8) is 0 Å². The van der Waals surface area contributed by atoms with Crippen LogP contribution >= 0.6 is 0 Å². The molecular weight excluding hydrogens is 372 g/mol. The van der Waals surface area contributed by atoms with E-state index in [4.69, 9.17) is 4.74 Å². The van der Waals surface area contributed by atoms with Gasteiger partial charge >= 0.3 is 0 Å². The molecule has 1 amide bonds. The molecule has 0 aromatic heterocycles. The highest BCUT2D eigenvalue weighted by atomic mass is 16.5. The van der Waals surface area contributed by atoms with Crippen molar-refractivity contribution in [3.8, 4) is 5.75 Å². The van der Waals surface area contributed by atoms with E-state index in [1.165, 1.54) is 11.1 Å². The van der Waals surface area contributed by atoms with Crippen molar-refractivity contribution in [2.24, 2.45) is 0 Å². The summed E-state index contributed by atoms with van der Waals surface area (Å²) in [5.74, 6) is 0.739. The van der Waals surface area contributed by atoms with Gasteiger partial charge in [0, 0.05) is 11.4 Å². The van der Waals surface area contributed by atoms with Crippen molar-refractivity contribution in [1.29, 1.82) is 0 Å². The first-order valence-electron chi connectivity index (χ1n) is 10.5. The molecule has 0 aliphatic rings. The number of aryl methyl sites for hydroxylation is 3. The van der Waals surface area contributed by atoms with Crippen LogP contribution in [0.1, 0.15) is 30.0 Å².